The van der Waals surface area contributed by atoms with Gasteiger partial charge in [-0.1, -0.05) is 41.9 Å². The van der Waals surface area contributed by atoms with Gasteiger partial charge in [0, 0.05) is 5.56 Å². The van der Waals surface area contributed by atoms with Crippen LogP contribution in [0.4, 0.5) is 0 Å². The molecule has 156 valence electrons. The predicted octanol–water partition coefficient (Wildman–Crippen LogP) is 4.74. The Morgan fingerprint density at radius 1 is 1.20 bits per heavy atom. The van der Waals surface area contributed by atoms with Gasteiger partial charge in [-0.25, -0.2) is 0 Å². The lowest BCUT2D eigenvalue weighted by atomic mass is 9.92. The number of nitrogens with zero attached hydrogens (tertiary/aromatic N) is 2. The first-order chi connectivity index (χ1) is 14.6. The van der Waals surface area contributed by atoms with Crippen molar-refractivity contribution in [2.24, 2.45) is 0 Å². The van der Waals surface area contributed by atoms with E-state index in [4.69, 9.17) is 20.9 Å². The monoisotopic (exact) mass is 425 g/mol. The second kappa shape index (κ2) is 9.30. The molecule has 0 saturated heterocycles. The molecule has 1 aliphatic rings. The quantitative estimate of drug-likeness (QED) is 0.591. The van der Waals surface area contributed by atoms with Gasteiger partial charge < -0.3 is 14.6 Å². The first kappa shape index (κ1) is 20.4. The molecule has 0 saturated carbocycles. The SMILES string of the molecule is CC[C@@H](Oc1ccc2c(c1)CCCC2)C(=O)NCc1nc(-c2ccccc2Cl)no1. The van der Waals surface area contributed by atoms with Crippen molar-refractivity contribution in [2.45, 2.75) is 51.7 Å². The topological polar surface area (TPSA) is 77.2 Å². The van der Waals surface area contributed by atoms with Gasteiger partial charge in [0.2, 0.25) is 11.7 Å². The van der Waals surface area contributed by atoms with Gasteiger partial charge in [0.15, 0.2) is 6.10 Å². The molecule has 3 aromatic rings. The summed E-state index contributed by atoms with van der Waals surface area (Å²) in [6, 6.07) is 13.4. The van der Waals surface area contributed by atoms with Crippen LogP contribution in [-0.4, -0.2) is 22.2 Å². The molecule has 30 heavy (non-hydrogen) atoms. The van der Waals surface area contributed by atoms with Crippen molar-refractivity contribution in [3.05, 3.63) is 64.5 Å². The van der Waals surface area contributed by atoms with Crippen LogP contribution in [0, 0.1) is 0 Å². The summed E-state index contributed by atoms with van der Waals surface area (Å²) in [5.41, 5.74) is 3.39. The fraction of sp³-hybridized carbons (Fsp3) is 0.348. The van der Waals surface area contributed by atoms with Crippen LogP contribution in [0.1, 0.15) is 43.2 Å². The fourth-order valence-corrected chi connectivity index (χ4v) is 3.85. The number of hydrogen-bond donors (Lipinski definition) is 1. The van der Waals surface area contributed by atoms with E-state index in [9.17, 15) is 4.79 Å². The van der Waals surface area contributed by atoms with Crippen LogP contribution in [0.3, 0.4) is 0 Å². The van der Waals surface area contributed by atoms with Crippen molar-refractivity contribution in [1.29, 1.82) is 0 Å². The largest absolute Gasteiger partial charge is 0.481 e. The van der Waals surface area contributed by atoms with Gasteiger partial charge in [-0.3, -0.25) is 4.79 Å². The van der Waals surface area contributed by atoms with Crippen molar-refractivity contribution >= 4 is 17.5 Å². The maximum absolute atomic E-state index is 12.6. The third-order valence-corrected chi connectivity index (χ3v) is 5.59. The van der Waals surface area contributed by atoms with E-state index in [-0.39, 0.29) is 12.5 Å². The molecule has 1 aliphatic carbocycles. The number of amides is 1. The van der Waals surface area contributed by atoms with E-state index in [2.05, 4.69) is 27.6 Å². The minimum Gasteiger partial charge on any atom is -0.481 e. The molecular formula is C23H24ClN3O3. The van der Waals surface area contributed by atoms with Crippen LogP contribution in [0.15, 0.2) is 47.0 Å². The zero-order valence-electron chi connectivity index (χ0n) is 16.9. The van der Waals surface area contributed by atoms with Gasteiger partial charge in [0.1, 0.15) is 5.75 Å². The minimum absolute atomic E-state index is 0.125. The van der Waals surface area contributed by atoms with Gasteiger partial charge >= 0.3 is 0 Å². The molecule has 1 heterocycles. The number of carbonyl (C=O) groups excluding carboxylic acids is 1. The lowest BCUT2D eigenvalue weighted by Crippen LogP contribution is -2.37. The smallest absolute Gasteiger partial charge is 0.261 e. The number of rotatable bonds is 7. The molecule has 6 nitrogen and oxygen atoms in total. The number of fused-ring (bicyclic) bond motifs is 1. The van der Waals surface area contributed by atoms with Crippen molar-refractivity contribution in [1.82, 2.24) is 15.5 Å². The molecule has 0 radical (unpaired) electrons. The van der Waals surface area contributed by atoms with Crippen LogP contribution in [0.2, 0.25) is 5.02 Å². The second-order valence-electron chi connectivity index (χ2n) is 7.36. The average molecular weight is 426 g/mol. The van der Waals surface area contributed by atoms with E-state index in [0.29, 0.717) is 28.7 Å². The number of carbonyl (C=O) groups is 1. The molecule has 0 spiro atoms. The third-order valence-electron chi connectivity index (χ3n) is 5.26. The average Bonchev–Trinajstić information content (AvgIpc) is 3.25. The lowest BCUT2D eigenvalue weighted by Gasteiger charge is -2.20. The first-order valence-electron chi connectivity index (χ1n) is 10.3. The molecule has 0 fully saturated rings. The Kier molecular flexibility index (Phi) is 6.33. The Morgan fingerprint density at radius 2 is 2.00 bits per heavy atom. The number of aromatic nitrogens is 2. The highest BCUT2D eigenvalue weighted by Crippen LogP contribution is 2.27. The van der Waals surface area contributed by atoms with E-state index in [1.807, 2.05) is 31.2 Å². The number of benzene rings is 2. The molecule has 0 aliphatic heterocycles. The molecule has 1 N–H and O–H groups in total. The number of ether oxygens (including phenoxy) is 1. The Bertz CT molecular complexity index is 1030. The summed E-state index contributed by atoms with van der Waals surface area (Å²) in [6.07, 6.45) is 4.60. The number of aryl methyl sites for hydroxylation is 2. The summed E-state index contributed by atoms with van der Waals surface area (Å²) in [5, 5.41) is 7.30. The molecule has 0 unspecified atom stereocenters. The van der Waals surface area contributed by atoms with Gasteiger partial charge in [-0.05, 0) is 67.5 Å². The zero-order valence-corrected chi connectivity index (χ0v) is 17.6. The maximum atomic E-state index is 12.6. The fourth-order valence-electron chi connectivity index (χ4n) is 3.62. The highest BCUT2D eigenvalue weighted by molar-refractivity contribution is 6.33. The Labute approximate surface area is 180 Å². The zero-order chi connectivity index (χ0) is 20.9. The van der Waals surface area contributed by atoms with Crippen molar-refractivity contribution in [3.8, 4) is 17.1 Å². The molecule has 0 bridgehead atoms. The van der Waals surface area contributed by atoms with Gasteiger partial charge in [-0.15, -0.1) is 0 Å². The first-order valence-corrected chi connectivity index (χ1v) is 10.7. The van der Waals surface area contributed by atoms with Crippen molar-refractivity contribution in [3.63, 3.8) is 0 Å². The number of hydrogen-bond acceptors (Lipinski definition) is 5. The molecule has 2 aromatic carbocycles. The highest BCUT2D eigenvalue weighted by atomic mass is 35.5. The highest BCUT2D eigenvalue weighted by Gasteiger charge is 2.20. The van der Waals surface area contributed by atoms with E-state index in [1.165, 1.54) is 24.0 Å². The minimum atomic E-state index is -0.586. The van der Waals surface area contributed by atoms with E-state index < -0.39 is 6.10 Å². The van der Waals surface area contributed by atoms with E-state index >= 15 is 0 Å². The maximum Gasteiger partial charge on any atom is 0.261 e. The van der Waals surface area contributed by atoms with Crippen molar-refractivity contribution in [2.75, 3.05) is 0 Å². The van der Waals surface area contributed by atoms with Crippen LogP contribution in [0.5, 0.6) is 5.75 Å². The molecule has 1 amide bonds. The second-order valence-corrected chi connectivity index (χ2v) is 7.77. The normalized spacial score (nSPS) is 14.1. The van der Waals surface area contributed by atoms with Crippen LogP contribution >= 0.6 is 11.6 Å². The van der Waals surface area contributed by atoms with Gasteiger partial charge in [0.05, 0.1) is 11.6 Å². The Balaban J connectivity index is 1.36. The lowest BCUT2D eigenvalue weighted by molar-refractivity contribution is -0.128. The summed E-state index contributed by atoms with van der Waals surface area (Å²) in [6.45, 7) is 2.05. The van der Waals surface area contributed by atoms with Crippen LogP contribution in [-0.2, 0) is 24.2 Å². The summed E-state index contributed by atoms with van der Waals surface area (Å²) < 4.78 is 11.2. The van der Waals surface area contributed by atoms with E-state index in [0.717, 1.165) is 18.6 Å². The molecule has 4 rings (SSSR count). The molecule has 7 heteroatoms. The van der Waals surface area contributed by atoms with Gasteiger partial charge in [0.25, 0.3) is 5.91 Å². The summed E-state index contributed by atoms with van der Waals surface area (Å²) >= 11 is 6.17. The van der Waals surface area contributed by atoms with Crippen LogP contribution in [0.25, 0.3) is 11.4 Å². The molecule has 1 atom stereocenters. The van der Waals surface area contributed by atoms with E-state index in [1.54, 1.807) is 6.07 Å². The standard InChI is InChI=1S/C23H24ClN3O3/c1-2-20(29-17-12-11-15-7-3-4-8-16(15)13-17)23(28)25-14-21-26-22(27-30-21)18-9-5-6-10-19(18)24/h5-6,9-13,20H,2-4,7-8,14H2,1H3,(H,25,28)/t20-/m1/s1. The third kappa shape index (κ3) is 4.65. The Morgan fingerprint density at radius 3 is 2.80 bits per heavy atom. The van der Waals surface area contributed by atoms with Gasteiger partial charge in [-0.2, -0.15) is 4.98 Å². The predicted molar refractivity (Wildman–Crippen MR) is 114 cm³/mol. The molecule has 1 aromatic heterocycles. The van der Waals surface area contributed by atoms with Crippen molar-refractivity contribution < 1.29 is 14.1 Å². The number of halogens is 1. The van der Waals surface area contributed by atoms with Crippen LogP contribution < -0.4 is 10.1 Å². The summed E-state index contributed by atoms with van der Waals surface area (Å²) in [4.78, 5) is 16.9. The Hall–Kier alpha value is -2.86. The molecular weight excluding hydrogens is 402 g/mol. The number of nitrogens with one attached hydrogen (secondary N) is 1. The summed E-state index contributed by atoms with van der Waals surface area (Å²) in [5.74, 6) is 1.22. The summed E-state index contributed by atoms with van der Waals surface area (Å²) in [7, 11) is 0.